The molecule has 0 bridgehead atoms. The highest BCUT2D eigenvalue weighted by molar-refractivity contribution is 6.30. The lowest BCUT2D eigenvalue weighted by Gasteiger charge is -2.32. The maximum Gasteiger partial charge on any atom is 0.438 e. The van der Waals surface area contributed by atoms with Crippen LogP contribution in [0.25, 0.3) is 0 Å². The van der Waals surface area contributed by atoms with Crippen molar-refractivity contribution in [3.8, 4) is 0 Å². The number of halogens is 4. The Balaban J connectivity index is 2.35. The van der Waals surface area contributed by atoms with Crippen LogP contribution in [0.3, 0.4) is 0 Å². The van der Waals surface area contributed by atoms with Crippen LogP contribution in [0.1, 0.15) is 43.0 Å². The summed E-state index contributed by atoms with van der Waals surface area (Å²) in [6, 6.07) is 5.36. The fourth-order valence-electron chi connectivity index (χ4n) is 2.29. The van der Waals surface area contributed by atoms with Crippen LogP contribution in [-0.4, -0.2) is 33.6 Å². The first-order chi connectivity index (χ1) is 10.7. The molecule has 8 heteroatoms. The molecule has 1 N–H and O–H groups in total. The molecule has 0 aromatic heterocycles. The summed E-state index contributed by atoms with van der Waals surface area (Å²) >= 11 is 5.70. The number of carbonyl (C=O) groups excluding carboxylic acids is 1. The SMILES string of the molecule is CCCCC1=NN(C(=O)c2ccc(Cl)cc2)C(O)(C(F)(F)F)C1. The second-order valence-corrected chi connectivity index (χ2v) is 5.82. The summed E-state index contributed by atoms with van der Waals surface area (Å²) in [5.41, 5.74) is -3.18. The maximum absolute atomic E-state index is 13.3. The molecule has 0 saturated heterocycles. The normalized spacial score (nSPS) is 21.5. The fourth-order valence-corrected chi connectivity index (χ4v) is 2.41. The molecule has 1 heterocycles. The number of unbranched alkanes of at least 4 members (excludes halogenated alkanes) is 1. The number of hydrazone groups is 1. The second kappa shape index (κ2) is 6.49. The van der Waals surface area contributed by atoms with Crippen LogP contribution in [0.2, 0.25) is 5.02 Å². The van der Waals surface area contributed by atoms with Gasteiger partial charge in [0.15, 0.2) is 0 Å². The van der Waals surface area contributed by atoms with Crippen molar-refractivity contribution < 1.29 is 23.1 Å². The van der Waals surface area contributed by atoms with E-state index in [1.165, 1.54) is 24.3 Å². The fraction of sp³-hybridized carbons (Fsp3) is 0.467. The van der Waals surface area contributed by atoms with Crippen LogP contribution in [0.5, 0.6) is 0 Å². The number of hydrogen-bond donors (Lipinski definition) is 1. The molecule has 1 aliphatic rings. The third-order valence-electron chi connectivity index (χ3n) is 3.60. The minimum Gasteiger partial charge on any atom is -0.362 e. The van der Waals surface area contributed by atoms with Gasteiger partial charge in [-0.25, -0.2) is 0 Å². The minimum absolute atomic E-state index is 0.0300. The third-order valence-corrected chi connectivity index (χ3v) is 3.85. The average Bonchev–Trinajstić information content (AvgIpc) is 2.83. The van der Waals surface area contributed by atoms with Crippen molar-refractivity contribution in [1.82, 2.24) is 5.01 Å². The van der Waals surface area contributed by atoms with E-state index in [9.17, 15) is 23.1 Å². The van der Waals surface area contributed by atoms with E-state index >= 15 is 0 Å². The Kier molecular flexibility index (Phi) is 5.01. The van der Waals surface area contributed by atoms with Gasteiger partial charge in [0.2, 0.25) is 0 Å². The number of amides is 1. The van der Waals surface area contributed by atoms with Gasteiger partial charge >= 0.3 is 6.18 Å². The van der Waals surface area contributed by atoms with E-state index in [2.05, 4.69) is 5.10 Å². The summed E-state index contributed by atoms with van der Waals surface area (Å²) in [6.07, 6.45) is -4.02. The van der Waals surface area contributed by atoms with Gasteiger partial charge in [-0.15, -0.1) is 0 Å². The van der Waals surface area contributed by atoms with Crippen LogP contribution in [0.15, 0.2) is 29.4 Å². The van der Waals surface area contributed by atoms with E-state index in [0.29, 0.717) is 17.9 Å². The first-order valence-corrected chi connectivity index (χ1v) is 7.52. The van der Waals surface area contributed by atoms with E-state index in [4.69, 9.17) is 11.6 Å². The van der Waals surface area contributed by atoms with Gasteiger partial charge in [0.05, 0.1) is 0 Å². The molecule has 1 aromatic carbocycles. The highest BCUT2D eigenvalue weighted by Gasteiger charge is 2.63. The van der Waals surface area contributed by atoms with Gasteiger partial charge in [-0.2, -0.15) is 23.3 Å². The zero-order valence-corrected chi connectivity index (χ0v) is 13.2. The van der Waals surface area contributed by atoms with E-state index in [1.54, 1.807) is 0 Å². The van der Waals surface area contributed by atoms with E-state index in [-0.39, 0.29) is 16.3 Å². The monoisotopic (exact) mass is 348 g/mol. The van der Waals surface area contributed by atoms with Crippen molar-refractivity contribution >= 4 is 23.2 Å². The zero-order chi connectivity index (χ0) is 17.3. The summed E-state index contributed by atoms with van der Waals surface area (Å²) in [4.78, 5) is 12.4. The summed E-state index contributed by atoms with van der Waals surface area (Å²) in [7, 11) is 0. The maximum atomic E-state index is 13.3. The van der Waals surface area contributed by atoms with Crippen molar-refractivity contribution in [2.24, 2.45) is 5.10 Å². The number of carbonyl (C=O) groups is 1. The van der Waals surface area contributed by atoms with E-state index in [0.717, 1.165) is 6.42 Å². The first-order valence-electron chi connectivity index (χ1n) is 7.14. The Morgan fingerprint density at radius 2 is 2.00 bits per heavy atom. The molecule has 23 heavy (non-hydrogen) atoms. The standard InChI is InChI=1S/C15H16ClF3N2O2/c1-2-3-4-12-9-14(23,15(17,18)19)21(20-12)13(22)10-5-7-11(16)8-6-10/h5-8,23H,2-4,9H2,1H3. The van der Waals surface area contributed by atoms with Gasteiger partial charge < -0.3 is 5.11 Å². The molecular weight excluding hydrogens is 333 g/mol. The van der Waals surface area contributed by atoms with Crippen LogP contribution in [0, 0.1) is 0 Å². The molecule has 0 radical (unpaired) electrons. The second-order valence-electron chi connectivity index (χ2n) is 5.38. The minimum atomic E-state index is -5.01. The third kappa shape index (κ3) is 3.50. The molecule has 1 aromatic rings. The largest absolute Gasteiger partial charge is 0.438 e. The van der Waals surface area contributed by atoms with Gasteiger partial charge in [-0.3, -0.25) is 4.79 Å². The lowest BCUT2D eigenvalue weighted by molar-refractivity contribution is -0.297. The molecule has 4 nitrogen and oxygen atoms in total. The van der Waals surface area contributed by atoms with Gasteiger partial charge in [0.25, 0.3) is 11.6 Å². The Morgan fingerprint density at radius 1 is 1.39 bits per heavy atom. The molecule has 1 aliphatic heterocycles. The molecule has 1 amide bonds. The molecule has 1 unspecified atom stereocenters. The number of benzene rings is 1. The van der Waals surface area contributed by atoms with Gasteiger partial charge in [0.1, 0.15) is 0 Å². The van der Waals surface area contributed by atoms with E-state index in [1.807, 2.05) is 6.92 Å². The molecule has 2 rings (SSSR count). The lowest BCUT2D eigenvalue weighted by Crippen LogP contribution is -2.56. The van der Waals surface area contributed by atoms with Gasteiger partial charge in [0, 0.05) is 22.7 Å². The first kappa shape index (κ1) is 17.7. The summed E-state index contributed by atoms with van der Waals surface area (Å²) in [5.74, 6) is -1.02. The Morgan fingerprint density at radius 3 is 2.52 bits per heavy atom. The number of hydrogen-bond acceptors (Lipinski definition) is 3. The molecule has 0 spiro atoms. The van der Waals surface area contributed by atoms with Crippen LogP contribution >= 0.6 is 11.6 Å². The highest BCUT2D eigenvalue weighted by atomic mass is 35.5. The summed E-state index contributed by atoms with van der Waals surface area (Å²) in [6.45, 7) is 1.89. The Labute approximate surface area is 136 Å². The molecular formula is C15H16ClF3N2O2. The van der Waals surface area contributed by atoms with Crippen molar-refractivity contribution in [3.63, 3.8) is 0 Å². The van der Waals surface area contributed by atoms with Crippen LogP contribution in [-0.2, 0) is 0 Å². The number of alkyl halides is 3. The Hall–Kier alpha value is -1.60. The Bertz CT molecular complexity index is 616. The van der Waals surface area contributed by atoms with E-state index < -0.39 is 24.2 Å². The van der Waals surface area contributed by atoms with Crippen LogP contribution in [0.4, 0.5) is 13.2 Å². The van der Waals surface area contributed by atoms with Crippen LogP contribution < -0.4 is 0 Å². The summed E-state index contributed by atoms with van der Waals surface area (Å²) < 4.78 is 39.9. The van der Waals surface area contributed by atoms with Crippen molar-refractivity contribution in [2.75, 3.05) is 0 Å². The summed E-state index contributed by atoms with van der Waals surface area (Å²) in [5, 5.41) is 14.3. The van der Waals surface area contributed by atoms with Gasteiger partial charge in [-0.1, -0.05) is 24.9 Å². The quantitative estimate of drug-likeness (QED) is 0.894. The molecule has 0 aliphatic carbocycles. The zero-order valence-electron chi connectivity index (χ0n) is 12.4. The topological polar surface area (TPSA) is 52.9 Å². The number of nitrogens with zero attached hydrogens (tertiary/aromatic N) is 2. The van der Waals surface area contributed by atoms with Crippen molar-refractivity contribution in [3.05, 3.63) is 34.9 Å². The molecule has 1 atom stereocenters. The average molecular weight is 349 g/mol. The predicted octanol–water partition coefficient (Wildman–Crippen LogP) is 3.98. The van der Waals surface area contributed by atoms with Gasteiger partial charge in [-0.05, 0) is 37.1 Å². The molecule has 0 saturated carbocycles. The van der Waals surface area contributed by atoms with Crippen molar-refractivity contribution in [1.29, 1.82) is 0 Å². The smallest absolute Gasteiger partial charge is 0.362 e. The number of rotatable bonds is 4. The lowest BCUT2D eigenvalue weighted by atomic mass is 10.0. The van der Waals surface area contributed by atoms with Crippen molar-refractivity contribution in [2.45, 2.75) is 44.5 Å². The molecule has 126 valence electrons. The number of aliphatic hydroxyl groups is 1. The highest BCUT2D eigenvalue weighted by Crippen LogP contribution is 2.41. The molecule has 0 fully saturated rings. The predicted molar refractivity (Wildman–Crippen MR) is 80.2 cm³/mol.